The fourth-order valence-corrected chi connectivity index (χ4v) is 8.61. The van der Waals surface area contributed by atoms with E-state index in [9.17, 15) is 0 Å². The number of hydrogen-bond donors (Lipinski definition) is 0. The summed E-state index contributed by atoms with van der Waals surface area (Å²) in [5.74, 6) is 0.958. The molecule has 0 saturated carbocycles. The van der Waals surface area contributed by atoms with Crippen molar-refractivity contribution in [1.82, 2.24) is 9.55 Å². The van der Waals surface area contributed by atoms with Gasteiger partial charge in [0.05, 0.1) is 11.4 Å². The van der Waals surface area contributed by atoms with Crippen LogP contribution in [0.15, 0.2) is 176 Å². The minimum absolute atomic E-state index is 0.860. The van der Waals surface area contributed by atoms with Gasteiger partial charge in [-0.15, -0.1) is 0 Å². The zero-order valence-electron chi connectivity index (χ0n) is 30.4. The number of rotatable bonds is 6. The monoisotopic (exact) mass is 690 g/mol. The van der Waals surface area contributed by atoms with E-state index in [1.165, 1.54) is 76.1 Å². The standard InChI is InChI=1S/C52H38N2/c1-3-15-49-48(4-2)53-52(54(49)39-18-6-5-7-19-39)35-28-26-34(27-29-35)50-43-20-10-12-22-45(43)51(46-23-13-11-21-44(46)50)42-25-14-24-40-41(42)31-30-38-32-36-16-8-9-17-37(36)33-47(38)40/h3,5-33H,4H2,1-2H3/b15-3-. The van der Waals surface area contributed by atoms with Crippen LogP contribution in [0.3, 0.4) is 0 Å². The Labute approximate surface area is 315 Å². The van der Waals surface area contributed by atoms with Gasteiger partial charge in [-0.2, -0.15) is 0 Å². The first-order chi connectivity index (χ1) is 26.7. The van der Waals surface area contributed by atoms with Gasteiger partial charge >= 0.3 is 0 Å². The van der Waals surface area contributed by atoms with Crippen molar-refractivity contribution in [2.45, 2.75) is 20.3 Å². The second-order valence-electron chi connectivity index (χ2n) is 14.1. The Hall–Kier alpha value is -6.77. The van der Waals surface area contributed by atoms with E-state index < -0.39 is 0 Å². The van der Waals surface area contributed by atoms with Gasteiger partial charge < -0.3 is 0 Å². The highest BCUT2D eigenvalue weighted by Gasteiger charge is 2.20. The summed E-state index contributed by atoms with van der Waals surface area (Å²) in [7, 11) is 0. The van der Waals surface area contributed by atoms with Crippen LogP contribution in [-0.2, 0) is 6.42 Å². The number of aryl methyl sites for hydroxylation is 1. The maximum Gasteiger partial charge on any atom is 0.145 e. The molecular formula is C52H38N2. The lowest BCUT2D eigenvalue weighted by molar-refractivity contribution is 1.04. The van der Waals surface area contributed by atoms with Crippen LogP contribution in [-0.4, -0.2) is 9.55 Å². The van der Waals surface area contributed by atoms with E-state index in [-0.39, 0.29) is 0 Å². The second kappa shape index (κ2) is 13.0. The minimum Gasteiger partial charge on any atom is -0.293 e. The average molecular weight is 691 g/mol. The van der Waals surface area contributed by atoms with Crippen molar-refractivity contribution < 1.29 is 0 Å². The van der Waals surface area contributed by atoms with Crippen molar-refractivity contribution in [3.8, 4) is 39.3 Å². The number of allylic oxidation sites excluding steroid dienone is 1. The molecule has 256 valence electrons. The summed E-state index contributed by atoms with van der Waals surface area (Å²) in [5, 5.41) is 12.6. The van der Waals surface area contributed by atoms with Gasteiger partial charge in [0, 0.05) is 11.3 Å². The molecule has 0 unspecified atom stereocenters. The normalized spacial score (nSPS) is 11.9. The molecular weight excluding hydrogens is 653 g/mol. The highest BCUT2D eigenvalue weighted by atomic mass is 15.1. The summed E-state index contributed by atoms with van der Waals surface area (Å²) in [6.07, 6.45) is 5.14. The quantitative estimate of drug-likeness (QED) is 0.125. The smallest absolute Gasteiger partial charge is 0.145 e. The topological polar surface area (TPSA) is 17.8 Å². The predicted octanol–water partition coefficient (Wildman–Crippen LogP) is 14.2. The van der Waals surface area contributed by atoms with Crippen LogP contribution >= 0.6 is 0 Å². The van der Waals surface area contributed by atoms with E-state index in [2.05, 4.69) is 200 Å². The number of fused-ring (bicyclic) bond motifs is 6. The summed E-state index contributed by atoms with van der Waals surface area (Å²) < 4.78 is 2.29. The van der Waals surface area contributed by atoms with Gasteiger partial charge in [-0.25, -0.2) is 4.98 Å². The largest absolute Gasteiger partial charge is 0.293 e. The molecule has 2 nitrogen and oxygen atoms in total. The molecule has 10 aromatic rings. The van der Waals surface area contributed by atoms with Crippen LogP contribution in [0, 0.1) is 0 Å². The van der Waals surface area contributed by atoms with Gasteiger partial charge in [0.25, 0.3) is 0 Å². The van der Waals surface area contributed by atoms with Crippen molar-refractivity contribution in [2.24, 2.45) is 0 Å². The van der Waals surface area contributed by atoms with Crippen molar-refractivity contribution in [3.05, 3.63) is 187 Å². The van der Waals surface area contributed by atoms with Crippen LogP contribution < -0.4 is 0 Å². The lowest BCUT2D eigenvalue weighted by atomic mass is 9.84. The minimum atomic E-state index is 0.860. The SMILES string of the molecule is C/C=C\c1c(CC)nc(-c2ccc(-c3c4ccccc4c(-c4cccc5c4ccc4cc6ccccc6cc45)c4ccccc34)cc2)n1-c1ccccc1. The van der Waals surface area contributed by atoms with Gasteiger partial charge in [-0.1, -0.05) is 159 Å². The van der Waals surface area contributed by atoms with E-state index in [1.54, 1.807) is 0 Å². The van der Waals surface area contributed by atoms with Gasteiger partial charge in [0.2, 0.25) is 0 Å². The summed E-state index contributed by atoms with van der Waals surface area (Å²) in [6.45, 7) is 4.25. The molecule has 0 aliphatic heterocycles. The summed E-state index contributed by atoms with van der Waals surface area (Å²) in [5.41, 5.74) is 9.41. The van der Waals surface area contributed by atoms with Gasteiger partial charge in [-0.3, -0.25) is 4.57 Å². The van der Waals surface area contributed by atoms with E-state index in [1.807, 2.05) is 0 Å². The number of aromatic nitrogens is 2. The third-order valence-corrected chi connectivity index (χ3v) is 11.0. The number of benzene rings is 9. The molecule has 0 saturated heterocycles. The highest BCUT2D eigenvalue weighted by Crippen LogP contribution is 2.46. The third-order valence-electron chi connectivity index (χ3n) is 11.0. The molecule has 9 aromatic carbocycles. The molecule has 0 aliphatic rings. The van der Waals surface area contributed by atoms with Crippen molar-refractivity contribution in [3.63, 3.8) is 0 Å². The Bertz CT molecular complexity index is 3020. The predicted molar refractivity (Wildman–Crippen MR) is 231 cm³/mol. The van der Waals surface area contributed by atoms with Crippen LogP contribution in [0.1, 0.15) is 25.2 Å². The summed E-state index contributed by atoms with van der Waals surface area (Å²) >= 11 is 0. The van der Waals surface area contributed by atoms with Gasteiger partial charge in [0.1, 0.15) is 5.82 Å². The van der Waals surface area contributed by atoms with Crippen LogP contribution in [0.4, 0.5) is 0 Å². The van der Waals surface area contributed by atoms with Crippen molar-refractivity contribution >= 4 is 59.9 Å². The Morgan fingerprint density at radius 1 is 0.481 bits per heavy atom. The molecule has 1 aromatic heterocycles. The zero-order chi connectivity index (χ0) is 36.2. The lowest BCUT2D eigenvalue weighted by Crippen LogP contribution is -2.00. The molecule has 54 heavy (non-hydrogen) atoms. The van der Waals surface area contributed by atoms with Crippen LogP contribution in [0.25, 0.3) is 99.3 Å². The second-order valence-corrected chi connectivity index (χ2v) is 14.1. The van der Waals surface area contributed by atoms with Gasteiger partial charge in [0.15, 0.2) is 0 Å². The van der Waals surface area contributed by atoms with Crippen LogP contribution in [0.2, 0.25) is 0 Å². The Kier molecular flexibility index (Phi) is 7.70. The van der Waals surface area contributed by atoms with Crippen LogP contribution in [0.5, 0.6) is 0 Å². The number of nitrogens with zero attached hydrogens (tertiary/aromatic N) is 2. The Balaban J connectivity index is 1.18. The fourth-order valence-electron chi connectivity index (χ4n) is 8.61. The molecule has 0 fully saturated rings. The molecule has 0 bridgehead atoms. The van der Waals surface area contributed by atoms with Crippen molar-refractivity contribution in [2.75, 3.05) is 0 Å². The molecule has 1 heterocycles. The number of hydrogen-bond acceptors (Lipinski definition) is 1. The maximum absolute atomic E-state index is 5.21. The fraction of sp³-hybridized carbons (Fsp3) is 0.0577. The first-order valence-electron chi connectivity index (χ1n) is 18.9. The molecule has 0 spiro atoms. The molecule has 2 heteroatoms. The van der Waals surface area contributed by atoms with E-state index >= 15 is 0 Å². The first kappa shape index (κ1) is 31.9. The lowest BCUT2D eigenvalue weighted by Gasteiger charge is -2.19. The number of para-hydroxylation sites is 1. The molecule has 0 radical (unpaired) electrons. The summed E-state index contributed by atoms with van der Waals surface area (Å²) in [6, 6.07) is 62.3. The number of imidazole rings is 1. The molecule has 0 amide bonds. The first-order valence-corrected chi connectivity index (χ1v) is 18.9. The third kappa shape index (κ3) is 5.06. The van der Waals surface area contributed by atoms with Crippen molar-refractivity contribution in [1.29, 1.82) is 0 Å². The Morgan fingerprint density at radius 3 is 1.74 bits per heavy atom. The molecule has 0 aliphatic carbocycles. The zero-order valence-corrected chi connectivity index (χ0v) is 30.4. The molecule has 0 atom stereocenters. The Morgan fingerprint density at radius 2 is 1.07 bits per heavy atom. The molecule has 0 N–H and O–H groups in total. The molecule has 10 rings (SSSR count). The van der Waals surface area contributed by atoms with E-state index in [0.717, 1.165) is 34.9 Å². The highest BCUT2D eigenvalue weighted by molar-refractivity contribution is 6.25. The average Bonchev–Trinajstić information content (AvgIpc) is 3.60. The van der Waals surface area contributed by atoms with E-state index in [4.69, 9.17) is 4.98 Å². The maximum atomic E-state index is 5.21. The summed E-state index contributed by atoms with van der Waals surface area (Å²) in [4.78, 5) is 5.21. The van der Waals surface area contributed by atoms with E-state index in [0.29, 0.717) is 0 Å². The van der Waals surface area contributed by atoms with Gasteiger partial charge in [-0.05, 0) is 120 Å².